The van der Waals surface area contributed by atoms with Gasteiger partial charge in [0, 0.05) is 19.1 Å². The average molecular weight is 226 g/mol. The summed E-state index contributed by atoms with van der Waals surface area (Å²) < 4.78 is 0. The second-order valence-corrected chi connectivity index (χ2v) is 6.62. The monoisotopic (exact) mass is 226 g/mol. The molecule has 0 aliphatic heterocycles. The zero-order chi connectivity index (χ0) is 12.2. The van der Waals surface area contributed by atoms with Gasteiger partial charge in [0.2, 0.25) is 0 Å². The largest absolute Gasteiger partial charge is 0.313 e. The fraction of sp³-hybridized carbons (Fsp3) is 1.00. The molecule has 0 aromatic rings. The van der Waals surface area contributed by atoms with Gasteiger partial charge in [-0.05, 0) is 45.2 Å². The van der Waals surface area contributed by atoms with Crippen LogP contribution in [0.5, 0.6) is 0 Å². The van der Waals surface area contributed by atoms with Gasteiger partial charge in [0.05, 0.1) is 0 Å². The number of nitrogens with zero attached hydrogens (tertiary/aromatic N) is 1. The highest BCUT2D eigenvalue weighted by molar-refractivity contribution is 4.81. The van der Waals surface area contributed by atoms with Gasteiger partial charge in [-0.1, -0.05) is 26.7 Å². The van der Waals surface area contributed by atoms with E-state index in [0.717, 1.165) is 19.0 Å². The molecule has 1 rings (SSSR count). The molecule has 1 unspecified atom stereocenters. The molecule has 96 valence electrons. The zero-order valence-electron chi connectivity index (χ0n) is 11.8. The molecule has 0 saturated heterocycles. The van der Waals surface area contributed by atoms with E-state index in [-0.39, 0.29) is 0 Å². The third-order valence-electron chi connectivity index (χ3n) is 3.75. The molecule has 1 N–H and O–H groups in total. The van der Waals surface area contributed by atoms with Crippen LogP contribution >= 0.6 is 0 Å². The van der Waals surface area contributed by atoms with Gasteiger partial charge in [-0.3, -0.25) is 0 Å². The van der Waals surface area contributed by atoms with Crippen molar-refractivity contribution in [3.8, 4) is 0 Å². The predicted octanol–water partition coefficient (Wildman–Crippen LogP) is 2.74. The molecule has 0 radical (unpaired) electrons. The van der Waals surface area contributed by atoms with Crippen LogP contribution in [-0.2, 0) is 0 Å². The maximum atomic E-state index is 3.74. The zero-order valence-corrected chi connectivity index (χ0v) is 11.8. The summed E-state index contributed by atoms with van der Waals surface area (Å²) >= 11 is 0. The SMILES string of the molecule is CC(NCC(C)(C)CN(C)C)C1CCCC1. The van der Waals surface area contributed by atoms with Crippen molar-refractivity contribution >= 4 is 0 Å². The first-order chi connectivity index (χ1) is 7.41. The summed E-state index contributed by atoms with van der Waals surface area (Å²) in [4.78, 5) is 2.28. The average Bonchev–Trinajstić information content (AvgIpc) is 2.64. The van der Waals surface area contributed by atoms with E-state index in [1.54, 1.807) is 0 Å². The van der Waals surface area contributed by atoms with E-state index >= 15 is 0 Å². The lowest BCUT2D eigenvalue weighted by molar-refractivity contribution is 0.217. The molecule has 0 aromatic heterocycles. The summed E-state index contributed by atoms with van der Waals surface area (Å²) in [5, 5.41) is 3.74. The van der Waals surface area contributed by atoms with Crippen LogP contribution in [0.1, 0.15) is 46.5 Å². The summed E-state index contributed by atoms with van der Waals surface area (Å²) in [7, 11) is 4.31. The standard InChI is InChI=1S/C14H30N2/c1-12(13-8-6-7-9-13)15-10-14(2,3)11-16(4)5/h12-13,15H,6-11H2,1-5H3. The number of nitrogens with one attached hydrogen (secondary N) is 1. The van der Waals surface area contributed by atoms with Crippen LogP contribution in [0.15, 0.2) is 0 Å². The molecule has 1 aliphatic rings. The second kappa shape index (κ2) is 6.02. The van der Waals surface area contributed by atoms with Gasteiger partial charge in [0.25, 0.3) is 0 Å². The molecular weight excluding hydrogens is 196 g/mol. The van der Waals surface area contributed by atoms with Gasteiger partial charge in [0.1, 0.15) is 0 Å². The summed E-state index contributed by atoms with van der Waals surface area (Å²) in [5.74, 6) is 0.926. The third kappa shape index (κ3) is 4.84. The molecule has 2 nitrogen and oxygen atoms in total. The maximum absolute atomic E-state index is 3.74. The van der Waals surface area contributed by atoms with Crippen LogP contribution in [0.3, 0.4) is 0 Å². The minimum atomic E-state index is 0.371. The topological polar surface area (TPSA) is 15.3 Å². The van der Waals surface area contributed by atoms with Crippen molar-refractivity contribution in [2.45, 2.75) is 52.5 Å². The number of hydrogen-bond donors (Lipinski definition) is 1. The Kier molecular flexibility index (Phi) is 5.26. The highest BCUT2D eigenvalue weighted by atomic mass is 15.1. The van der Waals surface area contributed by atoms with Gasteiger partial charge < -0.3 is 10.2 Å². The Hall–Kier alpha value is -0.0800. The van der Waals surface area contributed by atoms with Crippen LogP contribution < -0.4 is 5.32 Å². The molecule has 0 aromatic carbocycles. The molecule has 0 amide bonds. The lowest BCUT2D eigenvalue weighted by Crippen LogP contribution is -2.42. The van der Waals surface area contributed by atoms with Crippen molar-refractivity contribution in [2.75, 3.05) is 27.2 Å². The smallest absolute Gasteiger partial charge is 0.00672 e. The van der Waals surface area contributed by atoms with Crippen molar-refractivity contribution in [1.82, 2.24) is 10.2 Å². The molecule has 2 heteroatoms. The van der Waals surface area contributed by atoms with Crippen molar-refractivity contribution in [3.63, 3.8) is 0 Å². The Morgan fingerprint density at radius 3 is 2.31 bits per heavy atom. The fourth-order valence-electron chi connectivity index (χ4n) is 2.97. The first-order valence-electron chi connectivity index (χ1n) is 6.79. The summed E-state index contributed by atoms with van der Waals surface area (Å²) in [6.45, 7) is 9.34. The molecule has 0 spiro atoms. The van der Waals surface area contributed by atoms with Crippen molar-refractivity contribution in [2.24, 2.45) is 11.3 Å². The lowest BCUT2D eigenvalue weighted by Gasteiger charge is -2.31. The van der Waals surface area contributed by atoms with Gasteiger partial charge in [0.15, 0.2) is 0 Å². The molecule has 0 heterocycles. The third-order valence-corrected chi connectivity index (χ3v) is 3.75. The minimum Gasteiger partial charge on any atom is -0.313 e. The van der Waals surface area contributed by atoms with E-state index in [2.05, 4.69) is 45.1 Å². The molecule has 0 bridgehead atoms. The Morgan fingerprint density at radius 2 is 1.81 bits per heavy atom. The Labute approximate surface area is 102 Å². The summed E-state index contributed by atoms with van der Waals surface area (Å²) in [6, 6.07) is 0.698. The molecule has 1 aliphatic carbocycles. The van der Waals surface area contributed by atoms with E-state index in [1.807, 2.05) is 0 Å². The van der Waals surface area contributed by atoms with Crippen LogP contribution in [0.2, 0.25) is 0 Å². The van der Waals surface area contributed by atoms with Gasteiger partial charge in [-0.2, -0.15) is 0 Å². The highest BCUT2D eigenvalue weighted by Crippen LogP contribution is 2.28. The second-order valence-electron chi connectivity index (χ2n) is 6.62. The molecule has 1 atom stereocenters. The molecule has 1 saturated carbocycles. The maximum Gasteiger partial charge on any atom is 0.00672 e. The molecule has 16 heavy (non-hydrogen) atoms. The van der Waals surface area contributed by atoms with Gasteiger partial charge in [-0.25, -0.2) is 0 Å². The first-order valence-corrected chi connectivity index (χ1v) is 6.79. The fourth-order valence-corrected chi connectivity index (χ4v) is 2.97. The lowest BCUT2D eigenvalue weighted by atomic mass is 9.91. The van der Waals surface area contributed by atoms with E-state index in [9.17, 15) is 0 Å². The van der Waals surface area contributed by atoms with E-state index in [0.29, 0.717) is 11.5 Å². The van der Waals surface area contributed by atoms with Crippen LogP contribution in [0.4, 0.5) is 0 Å². The van der Waals surface area contributed by atoms with Crippen molar-refractivity contribution in [3.05, 3.63) is 0 Å². The van der Waals surface area contributed by atoms with Gasteiger partial charge >= 0.3 is 0 Å². The Bertz CT molecular complexity index is 193. The van der Waals surface area contributed by atoms with Crippen molar-refractivity contribution in [1.29, 1.82) is 0 Å². The summed E-state index contributed by atoms with van der Waals surface area (Å²) in [6.07, 6.45) is 5.75. The first kappa shape index (κ1) is 14.0. The van der Waals surface area contributed by atoms with E-state index < -0.39 is 0 Å². The number of rotatable bonds is 6. The van der Waals surface area contributed by atoms with E-state index in [1.165, 1.54) is 25.7 Å². The molecular formula is C14H30N2. The predicted molar refractivity (Wildman–Crippen MR) is 71.8 cm³/mol. The molecule has 1 fully saturated rings. The number of hydrogen-bond acceptors (Lipinski definition) is 2. The normalized spacial score (nSPS) is 20.6. The van der Waals surface area contributed by atoms with Crippen molar-refractivity contribution < 1.29 is 0 Å². The van der Waals surface area contributed by atoms with Crippen LogP contribution in [-0.4, -0.2) is 38.1 Å². The van der Waals surface area contributed by atoms with Crippen LogP contribution in [0.25, 0.3) is 0 Å². The van der Waals surface area contributed by atoms with Gasteiger partial charge in [-0.15, -0.1) is 0 Å². The highest BCUT2D eigenvalue weighted by Gasteiger charge is 2.24. The van der Waals surface area contributed by atoms with Crippen LogP contribution in [0, 0.1) is 11.3 Å². The Balaban J connectivity index is 2.26. The summed E-state index contributed by atoms with van der Waals surface area (Å²) in [5.41, 5.74) is 0.371. The minimum absolute atomic E-state index is 0.371. The Morgan fingerprint density at radius 1 is 1.25 bits per heavy atom. The quantitative estimate of drug-likeness (QED) is 0.749. The van der Waals surface area contributed by atoms with E-state index in [4.69, 9.17) is 0 Å².